The molecule has 3 N–H and O–H groups in total. The Labute approximate surface area is 168 Å². The molecule has 0 fully saturated rings. The van der Waals surface area contributed by atoms with Gasteiger partial charge in [-0.05, 0) is 36.4 Å². The molecule has 4 rings (SSSR count). The highest BCUT2D eigenvalue weighted by atomic mass is 32.1. The van der Waals surface area contributed by atoms with Crippen LogP contribution in [0, 0.1) is 11.6 Å². The van der Waals surface area contributed by atoms with E-state index in [9.17, 15) is 13.6 Å². The van der Waals surface area contributed by atoms with Gasteiger partial charge in [-0.25, -0.2) is 13.8 Å². The third-order valence-electron chi connectivity index (χ3n) is 4.34. The smallest absolute Gasteiger partial charge is 0.268 e. The minimum Gasteiger partial charge on any atom is -0.497 e. The molecule has 2 aromatic carbocycles. The number of ether oxygens (including phenoxy) is 1. The molecule has 0 saturated heterocycles. The first-order valence-electron chi connectivity index (χ1n) is 8.56. The minimum atomic E-state index is -0.864. The lowest BCUT2D eigenvalue weighted by Gasteiger charge is -2.05. The monoisotopic (exact) mass is 411 g/mol. The number of methoxy groups -OCH3 is 1. The Bertz CT molecular complexity index is 1240. The summed E-state index contributed by atoms with van der Waals surface area (Å²) in [5.74, 6) is -1.47. The normalized spacial score (nSPS) is 10.9. The van der Waals surface area contributed by atoms with E-state index in [1.165, 1.54) is 0 Å². The molecule has 0 aliphatic heterocycles. The first-order chi connectivity index (χ1) is 14.0. The highest BCUT2D eigenvalue weighted by Gasteiger charge is 2.19. The Hall–Kier alpha value is -3.52. The van der Waals surface area contributed by atoms with Crippen LogP contribution in [0.4, 0.5) is 20.2 Å². The number of nitrogens with zero attached hydrogens (tertiary/aromatic N) is 1. The van der Waals surface area contributed by atoms with Gasteiger partial charge in [0.25, 0.3) is 5.91 Å². The first-order valence-corrected chi connectivity index (χ1v) is 9.38. The number of aromatic nitrogens is 1. The van der Waals surface area contributed by atoms with Crippen molar-refractivity contribution < 1.29 is 18.3 Å². The minimum absolute atomic E-state index is 0.127. The molecule has 0 saturated carbocycles. The van der Waals surface area contributed by atoms with Crippen LogP contribution in [0.15, 0.2) is 54.6 Å². The molecule has 4 aromatic rings. The molecule has 1 amide bonds. The van der Waals surface area contributed by atoms with E-state index in [1.54, 1.807) is 13.2 Å². The van der Waals surface area contributed by atoms with E-state index in [0.717, 1.165) is 29.0 Å². The van der Waals surface area contributed by atoms with E-state index in [0.29, 0.717) is 27.7 Å². The van der Waals surface area contributed by atoms with Gasteiger partial charge in [0.05, 0.1) is 24.2 Å². The zero-order chi connectivity index (χ0) is 20.5. The second-order valence-corrected chi connectivity index (χ2v) is 7.20. The molecule has 0 unspecified atom stereocenters. The van der Waals surface area contributed by atoms with Crippen molar-refractivity contribution in [1.82, 2.24) is 4.98 Å². The van der Waals surface area contributed by atoms with Crippen molar-refractivity contribution >= 4 is 38.8 Å². The van der Waals surface area contributed by atoms with Gasteiger partial charge in [0, 0.05) is 17.0 Å². The van der Waals surface area contributed by atoms with Crippen molar-refractivity contribution in [2.75, 3.05) is 18.2 Å². The number of amides is 1. The summed E-state index contributed by atoms with van der Waals surface area (Å²) in [5, 5.41) is 3.05. The molecule has 2 heterocycles. The molecule has 0 atom stereocenters. The zero-order valence-electron chi connectivity index (χ0n) is 15.2. The number of fused-ring (bicyclic) bond motifs is 1. The average Bonchev–Trinajstić information content (AvgIpc) is 3.06. The summed E-state index contributed by atoms with van der Waals surface area (Å²) in [4.78, 5) is 18.0. The van der Waals surface area contributed by atoms with Crippen molar-refractivity contribution in [3.8, 4) is 17.0 Å². The Balaban J connectivity index is 1.68. The summed E-state index contributed by atoms with van der Waals surface area (Å²) < 4.78 is 32.1. The number of carbonyl (C=O) groups excluding carboxylic acids is 1. The van der Waals surface area contributed by atoms with Crippen LogP contribution in [0.1, 0.15) is 9.67 Å². The van der Waals surface area contributed by atoms with Gasteiger partial charge in [-0.1, -0.05) is 12.1 Å². The highest BCUT2D eigenvalue weighted by Crippen LogP contribution is 2.35. The number of rotatable bonds is 4. The van der Waals surface area contributed by atoms with Gasteiger partial charge in [0.2, 0.25) is 0 Å². The summed E-state index contributed by atoms with van der Waals surface area (Å²) in [6.07, 6.45) is 0. The summed E-state index contributed by atoms with van der Waals surface area (Å²) in [5.41, 5.74) is 7.82. The van der Waals surface area contributed by atoms with Gasteiger partial charge in [-0.2, -0.15) is 0 Å². The molecule has 5 nitrogen and oxygen atoms in total. The van der Waals surface area contributed by atoms with Crippen LogP contribution < -0.4 is 15.8 Å². The summed E-state index contributed by atoms with van der Waals surface area (Å²) in [7, 11) is 1.59. The average molecular weight is 411 g/mol. The van der Waals surface area contributed by atoms with Gasteiger partial charge >= 0.3 is 0 Å². The van der Waals surface area contributed by atoms with E-state index < -0.39 is 17.5 Å². The van der Waals surface area contributed by atoms with Crippen molar-refractivity contribution in [3.63, 3.8) is 0 Å². The van der Waals surface area contributed by atoms with E-state index >= 15 is 0 Å². The molecule has 0 spiro atoms. The molecule has 0 aliphatic rings. The number of hydrogen-bond acceptors (Lipinski definition) is 5. The van der Waals surface area contributed by atoms with Crippen molar-refractivity contribution in [1.29, 1.82) is 0 Å². The van der Waals surface area contributed by atoms with Crippen LogP contribution in [0.3, 0.4) is 0 Å². The molecular weight excluding hydrogens is 396 g/mol. The fraction of sp³-hybridized carbons (Fsp3) is 0.0476. The lowest BCUT2D eigenvalue weighted by molar-refractivity contribution is 0.103. The predicted octanol–water partition coefficient (Wildman–Crippen LogP) is 5.08. The van der Waals surface area contributed by atoms with Crippen LogP contribution in [0.2, 0.25) is 0 Å². The highest BCUT2D eigenvalue weighted by molar-refractivity contribution is 7.21. The second kappa shape index (κ2) is 7.48. The number of nitrogens with two attached hydrogens (primary N) is 1. The number of pyridine rings is 1. The second-order valence-electron chi connectivity index (χ2n) is 6.20. The fourth-order valence-corrected chi connectivity index (χ4v) is 3.87. The first kappa shape index (κ1) is 18.8. The molecule has 29 heavy (non-hydrogen) atoms. The number of thiophene rings is 1. The number of carbonyl (C=O) groups is 1. The standard InChI is InChI=1S/C21H15F2N3O2S/c1-28-13-4-2-3-11(9-13)16-8-6-14-18(24)19(29-21(14)26-16)20(27)25-17-7-5-12(22)10-15(17)23/h2-10H,24H2,1H3,(H,25,27). The lowest BCUT2D eigenvalue weighted by atomic mass is 10.1. The van der Waals surface area contributed by atoms with Crippen LogP contribution in [0.25, 0.3) is 21.5 Å². The number of halogens is 2. The Kier molecular flexibility index (Phi) is 4.85. The molecule has 0 radical (unpaired) electrons. The number of benzene rings is 2. The molecule has 146 valence electrons. The summed E-state index contributed by atoms with van der Waals surface area (Å²) >= 11 is 1.10. The molecule has 0 bridgehead atoms. The number of hydrogen-bond donors (Lipinski definition) is 2. The van der Waals surface area contributed by atoms with Crippen molar-refractivity contribution in [2.45, 2.75) is 0 Å². The van der Waals surface area contributed by atoms with Gasteiger partial charge in [-0.15, -0.1) is 11.3 Å². The zero-order valence-corrected chi connectivity index (χ0v) is 16.0. The maximum atomic E-state index is 13.8. The van der Waals surface area contributed by atoms with Crippen LogP contribution in [-0.2, 0) is 0 Å². The molecular formula is C21H15F2N3O2S. The molecule has 0 aliphatic carbocycles. The molecule has 2 aromatic heterocycles. The van der Waals surface area contributed by atoms with E-state index in [2.05, 4.69) is 10.3 Å². The van der Waals surface area contributed by atoms with E-state index in [-0.39, 0.29) is 16.3 Å². The van der Waals surface area contributed by atoms with Crippen molar-refractivity contribution in [3.05, 3.63) is 71.1 Å². The number of anilines is 2. The van der Waals surface area contributed by atoms with Crippen molar-refractivity contribution in [2.24, 2.45) is 0 Å². The Morgan fingerprint density at radius 2 is 1.97 bits per heavy atom. The van der Waals surface area contributed by atoms with E-state index in [4.69, 9.17) is 10.5 Å². The van der Waals surface area contributed by atoms with Gasteiger partial charge in [-0.3, -0.25) is 4.79 Å². The Morgan fingerprint density at radius 1 is 1.14 bits per heavy atom. The number of nitrogens with one attached hydrogen (secondary N) is 1. The van der Waals surface area contributed by atoms with Crippen LogP contribution >= 0.6 is 11.3 Å². The predicted molar refractivity (Wildman–Crippen MR) is 110 cm³/mol. The quantitative estimate of drug-likeness (QED) is 0.491. The molecule has 8 heteroatoms. The van der Waals surface area contributed by atoms with Crippen LogP contribution in [0.5, 0.6) is 5.75 Å². The topological polar surface area (TPSA) is 77.2 Å². The summed E-state index contributed by atoms with van der Waals surface area (Å²) in [6.45, 7) is 0. The fourth-order valence-electron chi connectivity index (χ4n) is 2.88. The van der Waals surface area contributed by atoms with Gasteiger partial charge in [0.1, 0.15) is 27.1 Å². The van der Waals surface area contributed by atoms with E-state index in [1.807, 2.05) is 30.3 Å². The number of nitrogen functional groups attached to an aromatic ring is 1. The van der Waals surface area contributed by atoms with Gasteiger partial charge in [0.15, 0.2) is 0 Å². The SMILES string of the molecule is COc1cccc(-c2ccc3c(N)c(C(=O)Nc4ccc(F)cc4F)sc3n2)c1. The van der Waals surface area contributed by atoms with Gasteiger partial charge < -0.3 is 15.8 Å². The Morgan fingerprint density at radius 3 is 2.72 bits per heavy atom. The maximum absolute atomic E-state index is 13.8. The third-order valence-corrected chi connectivity index (χ3v) is 5.46. The summed E-state index contributed by atoms with van der Waals surface area (Å²) in [6, 6.07) is 14.0. The largest absolute Gasteiger partial charge is 0.497 e. The lowest BCUT2D eigenvalue weighted by Crippen LogP contribution is -2.13. The van der Waals surface area contributed by atoms with Crippen LogP contribution in [-0.4, -0.2) is 18.0 Å². The third kappa shape index (κ3) is 3.62. The maximum Gasteiger partial charge on any atom is 0.268 e.